The number of ketones is 1. The number of carbonyl (C=O) groups is 1. The van der Waals surface area contributed by atoms with Gasteiger partial charge in [0.15, 0.2) is 0 Å². The Morgan fingerprint density at radius 1 is 1.62 bits per heavy atom. The van der Waals surface area contributed by atoms with Crippen LogP contribution in [0.2, 0.25) is 0 Å². The summed E-state index contributed by atoms with van der Waals surface area (Å²) in [7, 11) is 0. The Bertz CT molecular complexity index is 369. The van der Waals surface area contributed by atoms with Crippen LogP contribution in [-0.4, -0.2) is 10.9 Å². The van der Waals surface area contributed by atoms with Crippen molar-refractivity contribution in [2.45, 2.75) is 39.2 Å². The molecule has 1 aromatic rings. The van der Waals surface area contributed by atoms with Crippen LogP contribution < -0.4 is 0 Å². The molecule has 88 valence electrons. The molecule has 0 amide bonds. The van der Waals surface area contributed by atoms with Gasteiger partial charge in [0.1, 0.15) is 5.78 Å². The number of Topliss-reactive ketones (excluding diaryl/α,β-unsaturated/α-hetero) is 1. The van der Waals surface area contributed by atoms with Crippen LogP contribution in [0.3, 0.4) is 0 Å². The maximum atomic E-state index is 12.2. The van der Waals surface area contributed by atoms with E-state index >= 15 is 0 Å². The second-order valence-electron chi connectivity index (χ2n) is 5.03. The van der Waals surface area contributed by atoms with Gasteiger partial charge in [0.25, 0.3) is 0 Å². The summed E-state index contributed by atoms with van der Waals surface area (Å²) in [4.78, 5) is 12.2. The van der Waals surface area contributed by atoms with E-state index in [2.05, 4.69) is 0 Å². The Morgan fingerprint density at radius 3 is 3.00 bits per heavy atom. The van der Waals surface area contributed by atoms with E-state index in [9.17, 15) is 9.90 Å². The summed E-state index contributed by atoms with van der Waals surface area (Å²) in [6.45, 7) is 3.81. The summed E-state index contributed by atoms with van der Waals surface area (Å²) in [6, 6.07) is 1.72. The van der Waals surface area contributed by atoms with Crippen molar-refractivity contribution in [2.75, 3.05) is 0 Å². The fourth-order valence-electron chi connectivity index (χ4n) is 2.66. The van der Waals surface area contributed by atoms with Crippen LogP contribution >= 0.6 is 0 Å². The molecule has 1 saturated carbocycles. The Hall–Kier alpha value is -1.09. The topological polar surface area (TPSA) is 50.4 Å². The molecule has 0 aromatic carbocycles. The number of rotatable bonds is 2. The Labute approximate surface area is 95.5 Å². The molecule has 1 aliphatic rings. The van der Waals surface area contributed by atoms with Crippen LogP contribution in [-0.2, 0) is 4.79 Å². The molecule has 1 N–H and O–H groups in total. The maximum Gasteiger partial charge on any atom is 0.144 e. The van der Waals surface area contributed by atoms with E-state index in [1.54, 1.807) is 6.07 Å². The van der Waals surface area contributed by atoms with Crippen LogP contribution in [0.15, 0.2) is 23.0 Å². The van der Waals surface area contributed by atoms with Crippen LogP contribution in [0.5, 0.6) is 0 Å². The fraction of sp³-hybridized carbons (Fsp3) is 0.615. The van der Waals surface area contributed by atoms with Gasteiger partial charge in [-0.2, -0.15) is 0 Å². The summed E-state index contributed by atoms with van der Waals surface area (Å²) in [5.74, 6) is 0.229. The average Bonchev–Trinajstić information content (AvgIpc) is 2.78. The first-order valence-electron chi connectivity index (χ1n) is 5.80. The van der Waals surface area contributed by atoms with Gasteiger partial charge in [-0.1, -0.05) is 13.3 Å². The molecule has 1 aromatic heterocycles. The number of hydrogen-bond donors (Lipinski definition) is 1. The lowest BCUT2D eigenvalue weighted by atomic mass is 9.66. The lowest BCUT2D eigenvalue weighted by Gasteiger charge is -2.38. The first-order valence-corrected chi connectivity index (χ1v) is 5.80. The number of hydrogen-bond acceptors (Lipinski definition) is 3. The zero-order valence-electron chi connectivity index (χ0n) is 9.77. The van der Waals surface area contributed by atoms with Gasteiger partial charge in [-0.25, -0.2) is 0 Å². The predicted octanol–water partition coefficient (Wildman–Crippen LogP) is 2.71. The highest BCUT2D eigenvalue weighted by molar-refractivity contribution is 5.87. The monoisotopic (exact) mass is 222 g/mol. The van der Waals surface area contributed by atoms with Crippen molar-refractivity contribution < 1.29 is 14.3 Å². The Balaban J connectivity index is 2.27. The summed E-state index contributed by atoms with van der Waals surface area (Å²) < 4.78 is 4.96. The molecule has 0 unspecified atom stereocenters. The van der Waals surface area contributed by atoms with E-state index in [4.69, 9.17) is 4.42 Å². The van der Waals surface area contributed by atoms with E-state index < -0.39 is 11.5 Å². The molecule has 3 nitrogen and oxygen atoms in total. The summed E-state index contributed by atoms with van der Waals surface area (Å²) >= 11 is 0. The highest BCUT2D eigenvalue weighted by Gasteiger charge is 2.45. The molecule has 0 aliphatic heterocycles. The molecule has 0 radical (unpaired) electrons. The molecular weight excluding hydrogens is 204 g/mol. The molecule has 16 heavy (non-hydrogen) atoms. The van der Waals surface area contributed by atoms with Crippen LogP contribution in [0.25, 0.3) is 0 Å². The van der Waals surface area contributed by atoms with E-state index in [-0.39, 0.29) is 11.7 Å². The Kier molecular flexibility index (Phi) is 2.89. The van der Waals surface area contributed by atoms with Crippen LogP contribution in [0.4, 0.5) is 0 Å². The third-order valence-corrected chi connectivity index (χ3v) is 3.81. The van der Waals surface area contributed by atoms with Gasteiger partial charge in [0, 0.05) is 11.5 Å². The number of aliphatic hydroxyl groups is 1. The molecule has 1 aliphatic carbocycles. The molecule has 3 atom stereocenters. The molecule has 1 fully saturated rings. The molecule has 2 rings (SSSR count). The second-order valence-corrected chi connectivity index (χ2v) is 5.03. The summed E-state index contributed by atoms with van der Waals surface area (Å²) in [6.07, 6.45) is 4.98. The van der Waals surface area contributed by atoms with Crippen LogP contribution in [0.1, 0.15) is 44.8 Å². The first kappa shape index (κ1) is 11.4. The summed E-state index contributed by atoms with van der Waals surface area (Å²) in [5, 5.41) is 10.3. The van der Waals surface area contributed by atoms with Gasteiger partial charge in [-0.15, -0.1) is 0 Å². The standard InChI is InChI=1S/C13H18O3/c1-9-4-3-6-13(2,11(9)14)12(15)10-5-7-16-8-10/h5,7-9,12,15H,3-4,6H2,1-2H3/t9-,12-,13-/m0/s1. The minimum Gasteiger partial charge on any atom is -0.472 e. The number of aliphatic hydroxyl groups excluding tert-OH is 1. The Morgan fingerprint density at radius 2 is 2.38 bits per heavy atom. The van der Waals surface area contributed by atoms with Crippen molar-refractivity contribution in [3.8, 4) is 0 Å². The largest absolute Gasteiger partial charge is 0.472 e. The lowest BCUT2D eigenvalue weighted by molar-refractivity contribution is -0.142. The normalized spacial score (nSPS) is 32.7. The van der Waals surface area contributed by atoms with E-state index in [1.165, 1.54) is 12.5 Å². The van der Waals surface area contributed by atoms with Gasteiger partial charge in [-0.05, 0) is 25.8 Å². The molecular formula is C13H18O3. The van der Waals surface area contributed by atoms with E-state index in [0.717, 1.165) is 19.3 Å². The van der Waals surface area contributed by atoms with Crippen LogP contribution in [0, 0.1) is 11.3 Å². The fourth-order valence-corrected chi connectivity index (χ4v) is 2.66. The van der Waals surface area contributed by atoms with E-state index in [0.29, 0.717) is 5.56 Å². The molecule has 1 heterocycles. The van der Waals surface area contributed by atoms with E-state index in [1.807, 2.05) is 13.8 Å². The smallest absolute Gasteiger partial charge is 0.144 e. The third kappa shape index (κ3) is 1.69. The highest BCUT2D eigenvalue weighted by Crippen LogP contribution is 2.45. The average molecular weight is 222 g/mol. The van der Waals surface area contributed by atoms with Crippen molar-refractivity contribution in [1.29, 1.82) is 0 Å². The van der Waals surface area contributed by atoms with Crippen molar-refractivity contribution >= 4 is 5.78 Å². The number of carbonyl (C=O) groups excluding carboxylic acids is 1. The molecule has 0 saturated heterocycles. The van der Waals surface area contributed by atoms with Crippen molar-refractivity contribution in [1.82, 2.24) is 0 Å². The third-order valence-electron chi connectivity index (χ3n) is 3.81. The number of furan rings is 1. The molecule has 0 bridgehead atoms. The van der Waals surface area contributed by atoms with Crippen molar-refractivity contribution in [2.24, 2.45) is 11.3 Å². The summed E-state index contributed by atoms with van der Waals surface area (Å²) in [5.41, 5.74) is 0.0478. The molecule has 0 spiro atoms. The zero-order valence-corrected chi connectivity index (χ0v) is 9.77. The minimum atomic E-state index is -0.749. The SMILES string of the molecule is C[C@H]1CCC[C@](C)([C@@H](O)c2ccoc2)C1=O. The van der Waals surface area contributed by atoms with Gasteiger partial charge >= 0.3 is 0 Å². The predicted molar refractivity (Wildman–Crippen MR) is 59.8 cm³/mol. The first-order chi connectivity index (χ1) is 7.55. The minimum absolute atomic E-state index is 0.0558. The quantitative estimate of drug-likeness (QED) is 0.837. The van der Waals surface area contributed by atoms with Gasteiger partial charge in [0.2, 0.25) is 0 Å². The highest BCUT2D eigenvalue weighted by atomic mass is 16.3. The van der Waals surface area contributed by atoms with Crippen molar-refractivity contribution in [3.63, 3.8) is 0 Å². The second kappa shape index (κ2) is 4.06. The lowest BCUT2D eigenvalue weighted by Crippen LogP contribution is -2.41. The zero-order chi connectivity index (χ0) is 11.8. The van der Waals surface area contributed by atoms with Gasteiger partial charge in [-0.3, -0.25) is 4.79 Å². The maximum absolute atomic E-state index is 12.2. The van der Waals surface area contributed by atoms with Gasteiger partial charge < -0.3 is 9.52 Å². The van der Waals surface area contributed by atoms with Crippen molar-refractivity contribution in [3.05, 3.63) is 24.2 Å². The van der Waals surface area contributed by atoms with Gasteiger partial charge in [0.05, 0.1) is 24.0 Å². The molecule has 3 heteroatoms.